The Hall–Kier alpha value is -2.56. The summed E-state index contributed by atoms with van der Waals surface area (Å²) in [7, 11) is -3.20. The summed E-state index contributed by atoms with van der Waals surface area (Å²) >= 11 is 0. The lowest BCUT2D eigenvalue weighted by atomic mass is 10.1. The molecule has 1 amide bonds. The van der Waals surface area contributed by atoms with E-state index in [9.17, 15) is 17.6 Å². The van der Waals surface area contributed by atoms with Crippen molar-refractivity contribution in [2.45, 2.75) is 20.4 Å². The monoisotopic (exact) mass is 435 g/mol. The van der Waals surface area contributed by atoms with Crippen LogP contribution in [0.2, 0.25) is 0 Å². The Labute approximate surface area is 176 Å². The number of benzene rings is 1. The normalized spacial score (nSPS) is 15.7. The Morgan fingerprint density at radius 3 is 2.53 bits per heavy atom. The summed E-state index contributed by atoms with van der Waals surface area (Å²) in [6.45, 7) is 5.68. The first-order chi connectivity index (χ1) is 14.3. The van der Waals surface area contributed by atoms with Crippen LogP contribution in [0.3, 0.4) is 0 Å². The number of sulfonamides is 1. The van der Waals surface area contributed by atoms with Gasteiger partial charge in [0.05, 0.1) is 17.0 Å². The molecule has 8 nitrogen and oxygen atoms in total. The smallest absolute Gasteiger partial charge is 0.271 e. The van der Waals surface area contributed by atoms with Crippen LogP contribution in [0.4, 0.5) is 10.1 Å². The van der Waals surface area contributed by atoms with E-state index in [2.05, 4.69) is 15.8 Å². The molecular formula is C20H26FN5O3S. The number of rotatable bonds is 7. The van der Waals surface area contributed by atoms with Gasteiger partial charge in [0.2, 0.25) is 10.0 Å². The van der Waals surface area contributed by atoms with Gasteiger partial charge in [-0.05, 0) is 32.0 Å². The lowest BCUT2D eigenvalue weighted by molar-refractivity contribution is 0.0962. The van der Waals surface area contributed by atoms with Crippen molar-refractivity contribution in [3.8, 4) is 0 Å². The molecule has 10 heteroatoms. The lowest BCUT2D eigenvalue weighted by Gasteiger charge is -2.33. The van der Waals surface area contributed by atoms with Crippen molar-refractivity contribution in [2.75, 3.05) is 37.4 Å². The number of pyridine rings is 1. The summed E-state index contributed by atoms with van der Waals surface area (Å²) in [5.74, 6) is -0.788. The number of nitrogens with zero attached hydrogens (tertiary/aromatic N) is 3. The summed E-state index contributed by atoms with van der Waals surface area (Å²) in [6, 6.07) is 8.30. The van der Waals surface area contributed by atoms with E-state index in [1.165, 1.54) is 16.6 Å². The number of hydrogen-bond donors (Lipinski definition) is 2. The van der Waals surface area contributed by atoms with Crippen LogP contribution in [0.25, 0.3) is 0 Å². The highest BCUT2D eigenvalue weighted by Gasteiger charge is 2.26. The first-order valence-corrected chi connectivity index (χ1v) is 11.4. The number of aromatic nitrogens is 1. The fourth-order valence-electron chi connectivity index (χ4n) is 3.19. The quantitative estimate of drug-likeness (QED) is 0.644. The van der Waals surface area contributed by atoms with E-state index in [4.69, 9.17) is 0 Å². The Kier molecular flexibility index (Phi) is 7.01. The van der Waals surface area contributed by atoms with Crippen LogP contribution in [-0.2, 0) is 16.6 Å². The fourth-order valence-corrected chi connectivity index (χ4v) is 4.27. The highest BCUT2D eigenvalue weighted by molar-refractivity contribution is 7.89. The third-order valence-corrected chi connectivity index (χ3v) is 6.93. The first-order valence-electron chi connectivity index (χ1n) is 9.76. The minimum atomic E-state index is -3.20. The van der Waals surface area contributed by atoms with Crippen LogP contribution in [0, 0.1) is 12.7 Å². The molecular weight excluding hydrogens is 409 g/mol. The van der Waals surface area contributed by atoms with E-state index in [-0.39, 0.29) is 11.4 Å². The number of nitrogens with one attached hydrogen (secondary N) is 2. The van der Waals surface area contributed by atoms with Crippen molar-refractivity contribution in [1.29, 1.82) is 0 Å². The number of anilines is 1. The van der Waals surface area contributed by atoms with Crippen molar-refractivity contribution < 1.29 is 17.6 Å². The molecule has 2 aromatic rings. The molecule has 0 radical (unpaired) electrons. The topological polar surface area (TPSA) is 94.6 Å². The van der Waals surface area contributed by atoms with E-state index in [1.807, 2.05) is 11.8 Å². The summed E-state index contributed by atoms with van der Waals surface area (Å²) in [6.07, 6.45) is 1.46. The van der Waals surface area contributed by atoms with Crippen LogP contribution in [0.5, 0.6) is 0 Å². The average molecular weight is 436 g/mol. The van der Waals surface area contributed by atoms with E-state index in [0.717, 1.165) is 5.69 Å². The van der Waals surface area contributed by atoms with E-state index < -0.39 is 21.7 Å². The van der Waals surface area contributed by atoms with Crippen molar-refractivity contribution >= 4 is 21.6 Å². The van der Waals surface area contributed by atoms with Gasteiger partial charge in [0.15, 0.2) is 5.82 Å². The number of aryl methyl sites for hydroxylation is 1. The molecule has 3 rings (SSSR count). The molecule has 1 aromatic heterocycles. The Morgan fingerprint density at radius 1 is 1.17 bits per heavy atom. The zero-order valence-electron chi connectivity index (χ0n) is 17.1. The van der Waals surface area contributed by atoms with E-state index >= 15 is 0 Å². The fraction of sp³-hybridized carbons (Fsp3) is 0.400. The summed E-state index contributed by atoms with van der Waals surface area (Å²) in [4.78, 5) is 18.3. The number of hydrazine groups is 1. The SMILES string of the molecule is CCS(=O)(=O)N1CCN(Cc2cccc(NNC(=O)c3ccc(C)nc3)c2F)CC1. The van der Waals surface area contributed by atoms with Gasteiger partial charge in [-0.1, -0.05) is 12.1 Å². The van der Waals surface area contributed by atoms with E-state index in [1.54, 1.807) is 31.2 Å². The molecule has 1 aliphatic heterocycles. The van der Waals surface area contributed by atoms with Gasteiger partial charge in [-0.3, -0.25) is 25.5 Å². The predicted octanol–water partition coefficient (Wildman–Crippen LogP) is 1.75. The third kappa shape index (κ3) is 5.32. The Balaban J connectivity index is 1.59. The Bertz CT molecular complexity index is 990. The van der Waals surface area contributed by atoms with Crippen LogP contribution >= 0.6 is 0 Å². The van der Waals surface area contributed by atoms with Gasteiger partial charge in [0, 0.05) is 50.2 Å². The molecule has 1 fully saturated rings. The van der Waals surface area contributed by atoms with Gasteiger partial charge in [-0.25, -0.2) is 12.8 Å². The van der Waals surface area contributed by atoms with Gasteiger partial charge in [-0.15, -0.1) is 0 Å². The maximum atomic E-state index is 14.9. The van der Waals surface area contributed by atoms with Crippen molar-refractivity contribution in [2.24, 2.45) is 0 Å². The Morgan fingerprint density at radius 2 is 1.90 bits per heavy atom. The van der Waals surface area contributed by atoms with Gasteiger partial charge in [0.1, 0.15) is 0 Å². The number of piperazine rings is 1. The van der Waals surface area contributed by atoms with Gasteiger partial charge >= 0.3 is 0 Å². The molecule has 0 bridgehead atoms. The zero-order chi connectivity index (χ0) is 21.7. The molecule has 162 valence electrons. The summed E-state index contributed by atoms with van der Waals surface area (Å²) in [5.41, 5.74) is 6.90. The van der Waals surface area contributed by atoms with Crippen molar-refractivity contribution in [3.05, 3.63) is 59.2 Å². The molecule has 2 N–H and O–H groups in total. The molecule has 0 spiro atoms. The van der Waals surface area contributed by atoms with Crippen LogP contribution in [-0.4, -0.2) is 60.4 Å². The predicted molar refractivity (Wildman–Crippen MR) is 113 cm³/mol. The van der Waals surface area contributed by atoms with Crippen LogP contribution in [0.1, 0.15) is 28.5 Å². The molecule has 0 atom stereocenters. The molecule has 0 saturated carbocycles. The first kappa shape index (κ1) is 22.1. The molecule has 0 aliphatic carbocycles. The second-order valence-electron chi connectivity index (χ2n) is 7.12. The second-order valence-corrected chi connectivity index (χ2v) is 9.38. The molecule has 0 unspecified atom stereocenters. The van der Waals surface area contributed by atoms with Gasteiger partial charge in [-0.2, -0.15) is 4.31 Å². The summed E-state index contributed by atoms with van der Waals surface area (Å²) in [5, 5.41) is 0. The largest absolute Gasteiger partial charge is 0.296 e. The van der Waals surface area contributed by atoms with Crippen molar-refractivity contribution in [1.82, 2.24) is 19.6 Å². The molecule has 1 aromatic carbocycles. The van der Waals surface area contributed by atoms with Crippen LogP contribution in [0.15, 0.2) is 36.5 Å². The third-order valence-electron chi connectivity index (χ3n) is 5.05. The average Bonchev–Trinajstić information content (AvgIpc) is 2.75. The second kappa shape index (κ2) is 9.50. The zero-order valence-corrected chi connectivity index (χ0v) is 17.9. The number of halogens is 1. The van der Waals surface area contributed by atoms with E-state index in [0.29, 0.717) is 43.9 Å². The molecule has 1 saturated heterocycles. The standard InChI is InChI=1S/C20H26FN5O3S/c1-3-30(28,29)26-11-9-25(10-12-26)14-17-5-4-6-18(19(17)21)23-24-20(27)16-8-7-15(2)22-13-16/h4-8,13,23H,3,9-12,14H2,1-2H3,(H,24,27). The number of carbonyl (C=O) groups is 1. The van der Waals surface area contributed by atoms with Gasteiger partial charge < -0.3 is 0 Å². The highest BCUT2D eigenvalue weighted by atomic mass is 32.2. The van der Waals surface area contributed by atoms with Crippen LogP contribution < -0.4 is 10.9 Å². The lowest BCUT2D eigenvalue weighted by Crippen LogP contribution is -2.48. The minimum absolute atomic E-state index is 0.0830. The number of carbonyl (C=O) groups excluding carboxylic acids is 1. The number of amides is 1. The molecule has 30 heavy (non-hydrogen) atoms. The summed E-state index contributed by atoms with van der Waals surface area (Å²) < 4.78 is 40.3. The van der Waals surface area contributed by atoms with Gasteiger partial charge in [0.25, 0.3) is 5.91 Å². The maximum Gasteiger partial charge on any atom is 0.271 e. The maximum absolute atomic E-state index is 14.9. The number of hydrogen-bond acceptors (Lipinski definition) is 6. The molecule has 2 heterocycles. The van der Waals surface area contributed by atoms with Crippen molar-refractivity contribution in [3.63, 3.8) is 0 Å². The highest BCUT2D eigenvalue weighted by Crippen LogP contribution is 2.20. The minimum Gasteiger partial charge on any atom is -0.296 e. The molecule has 1 aliphatic rings.